The molecule has 0 aromatic heterocycles. The third-order valence-electron chi connectivity index (χ3n) is 3.68. The molecule has 2 rings (SSSR count). The Labute approximate surface area is 135 Å². The molecule has 22 heavy (non-hydrogen) atoms. The van der Waals surface area contributed by atoms with Gasteiger partial charge in [0.2, 0.25) is 0 Å². The molecule has 0 atom stereocenters. The zero-order chi connectivity index (χ0) is 15.9. The number of nitrogens with two attached hydrogens (primary N) is 1. The smallest absolute Gasteiger partial charge is 0.193 e. The lowest BCUT2D eigenvalue weighted by Crippen LogP contribution is -2.37. The van der Waals surface area contributed by atoms with Gasteiger partial charge in [0, 0.05) is 25.3 Å². The van der Waals surface area contributed by atoms with Gasteiger partial charge in [-0.15, -0.1) is 0 Å². The minimum absolute atomic E-state index is 0.147. The molecular weight excluding hydrogens is 304 g/mol. The Bertz CT molecular complexity index is 516. The fraction of sp³-hybridized carbons (Fsp3) is 0.533. The highest BCUT2D eigenvalue weighted by molar-refractivity contribution is 6.32. The first-order chi connectivity index (χ1) is 10.6. The average molecular weight is 327 g/mol. The largest absolute Gasteiger partial charge is 0.495 e. The van der Waals surface area contributed by atoms with Crippen LogP contribution < -0.4 is 15.8 Å². The predicted octanol–water partition coefficient (Wildman–Crippen LogP) is 1.53. The van der Waals surface area contributed by atoms with Crippen molar-refractivity contribution in [2.75, 3.05) is 38.6 Å². The molecule has 4 N–H and O–H groups in total. The van der Waals surface area contributed by atoms with Gasteiger partial charge in [0.05, 0.1) is 24.8 Å². The first kappa shape index (κ1) is 16.9. The highest BCUT2D eigenvalue weighted by atomic mass is 35.5. The molecule has 122 valence electrons. The molecule has 0 amide bonds. The van der Waals surface area contributed by atoms with Gasteiger partial charge in [0.25, 0.3) is 0 Å². The van der Waals surface area contributed by atoms with Crippen molar-refractivity contribution in [1.82, 2.24) is 4.90 Å². The Morgan fingerprint density at radius 1 is 1.50 bits per heavy atom. The number of rotatable bonds is 5. The number of ether oxygens (including phenoxy) is 1. The van der Waals surface area contributed by atoms with E-state index in [2.05, 4.69) is 15.2 Å². The van der Waals surface area contributed by atoms with E-state index in [-0.39, 0.29) is 6.10 Å². The number of anilines is 1. The molecule has 0 bridgehead atoms. The minimum Gasteiger partial charge on any atom is -0.495 e. The number of aliphatic hydroxyl groups is 1. The second-order valence-corrected chi connectivity index (χ2v) is 5.72. The molecule has 0 unspecified atom stereocenters. The monoisotopic (exact) mass is 326 g/mol. The van der Waals surface area contributed by atoms with Crippen LogP contribution in [0.5, 0.6) is 5.75 Å². The van der Waals surface area contributed by atoms with Crippen LogP contribution in [0.4, 0.5) is 5.69 Å². The molecule has 7 heteroatoms. The van der Waals surface area contributed by atoms with Gasteiger partial charge in [-0.25, -0.2) is 0 Å². The van der Waals surface area contributed by atoms with Crippen molar-refractivity contribution in [2.45, 2.75) is 18.9 Å². The number of hydrogen-bond acceptors (Lipinski definition) is 4. The van der Waals surface area contributed by atoms with Crippen molar-refractivity contribution in [3.63, 3.8) is 0 Å². The third kappa shape index (κ3) is 5.05. The Kier molecular flexibility index (Phi) is 6.30. The topological polar surface area (TPSA) is 83.1 Å². The van der Waals surface area contributed by atoms with Crippen molar-refractivity contribution in [2.24, 2.45) is 10.7 Å². The Morgan fingerprint density at radius 3 is 2.86 bits per heavy atom. The van der Waals surface area contributed by atoms with E-state index in [0.717, 1.165) is 38.2 Å². The summed E-state index contributed by atoms with van der Waals surface area (Å²) in [4.78, 5) is 6.60. The van der Waals surface area contributed by atoms with Crippen molar-refractivity contribution < 1.29 is 9.84 Å². The van der Waals surface area contributed by atoms with E-state index in [9.17, 15) is 5.11 Å². The molecule has 6 nitrogen and oxygen atoms in total. The Balaban J connectivity index is 1.79. The third-order valence-corrected chi connectivity index (χ3v) is 3.98. The van der Waals surface area contributed by atoms with Gasteiger partial charge in [-0.1, -0.05) is 11.6 Å². The number of methoxy groups -OCH3 is 1. The lowest BCUT2D eigenvalue weighted by atomic mass is 10.1. The zero-order valence-electron chi connectivity index (χ0n) is 12.8. The van der Waals surface area contributed by atoms with Crippen LogP contribution in [0.2, 0.25) is 5.02 Å². The number of benzene rings is 1. The van der Waals surface area contributed by atoms with E-state index >= 15 is 0 Å². The number of aliphatic imine (C=N–C) groups is 1. The van der Waals surface area contributed by atoms with Crippen LogP contribution in [0.15, 0.2) is 23.2 Å². The number of nitrogens with one attached hydrogen (secondary N) is 1. The maximum absolute atomic E-state index is 9.46. The molecule has 1 aromatic rings. The van der Waals surface area contributed by atoms with Gasteiger partial charge >= 0.3 is 0 Å². The van der Waals surface area contributed by atoms with Crippen LogP contribution >= 0.6 is 11.6 Å². The molecule has 1 aliphatic heterocycles. The van der Waals surface area contributed by atoms with Crippen LogP contribution in [0.1, 0.15) is 12.8 Å². The van der Waals surface area contributed by atoms with Gasteiger partial charge in [0.15, 0.2) is 5.96 Å². The Hall–Kier alpha value is -1.50. The quantitative estimate of drug-likeness (QED) is 0.564. The summed E-state index contributed by atoms with van der Waals surface area (Å²) >= 11 is 6.06. The first-order valence-electron chi connectivity index (χ1n) is 7.39. The number of hydrogen-bond donors (Lipinski definition) is 3. The second-order valence-electron chi connectivity index (χ2n) is 5.31. The fourth-order valence-corrected chi connectivity index (χ4v) is 2.64. The summed E-state index contributed by atoms with van der Waals surface area (Å²) in [6.45, 7) is 3.30. The molecule has 1 fully saturated rings. The molecular formula is C15H23ClN4O2. The SMILES string of the molecule is COc1ccc(NC(N)=NCCN2CCC(O)CC2)cc1Cl. The molecule has 1 aliphatic rings. The number of likely N-dealkylation sites (tertiary alicyclic amines) is 1. The number of aliphatic hydroxyl groups excluding tert-OH is 1. The number of piperidine rings is 1. The van der Waals surface area contributed by atoms with E-state index in [1.807, 2.05) is 6.07 Å². The second kappa shape index (κ2) is 8.22. The summed E-state index contributed by atoms with van der Waals surface area (Å²) in [6, 6.07) is 5.35. The van der Waals surface area contributed by atoms with Gasteiger partial charge in [0.1, 0.15) is 5.75 Å². The molecule has 1 heterocycles. The number of nitrogens with zero attached hydrogens (tertiary/aromatic N) is 2. The summed E-state index contributed by atoms with van der Waals surface area (Å²) in [5, 5.41) is 13.0. The molecule has 0 saturated carbocycles. The van der Waals surface area contributed by atoms with Crippen LogP contribution in [-0.2, 0) is 0 Å². The average Bonchev–Trinajstić information content (AvgIpc) is 2.49. The van der Waals surface area contributed by atoms with Crippen molar-refractivity contribution in [1.29, 1.82) is 0 Å². The van der Waals surface area contributed by atoms with Gasteiger partial charge < -0.3 is 25.8 Å². The zero-order valence-corrected chi connectivity index (χ0v) is 13.5. The van der Waals surface area contributed by atoms with E-state index in [1.54, 1.807) is 19.2 Å². The number of guanidine groups is 1. The maximum atomic E-state index is 9.46. The van der Waals surface area contributed by atoms with Crippen molar-refractivity contribution in [3.8, 4) is 5.75 Å². The van der Waals surface area contributed by atoms with Crippen molar-refractivity contribution >= 4 is 23.2 Å². The lowest BCUT2D eigenvalue weighted by molar-refractivity contribution is 0.0841. The van der Waals surface area contributed by atoms with Crippen LogP contribution in [-0.4, -0.2) is 55.4 Å². The predicted molar refractivity (Wildman–Crippen MR) is 89.8 cm³/mol. The van der Waals surface area contributed by atoms with E-state index in [1.165, 1.54) is 0 Å². The van der Waals surface area contributed by atoms with Gasteiger partial charge in [-0.2, -0.15) is 0 Å². The Morgan fingerprint density at radius 2 is 2.23 bits per heavy atom. The minimum atomic E-state index is -0.147. The highest BCUT2D eigenvalue weighted by Gasteiger charge is 2.15. The summed E-state index contributed by atoms with van der Waals surface area (Å²) in [5.41, 5.74) is 6.64. The molecule has 0 spiro atoms. The highest BCUT2D eigenvalue weighted by Crippen LogP contribution is 2.26. The summed E-state index contributed by atoms with van der Waals surface area (Å²) in [5.74, 6) is 0.980. The van der Waals surface area contributed by atoms with Gasteiger partial charge in [-0.3, -0.25) is 4.99 Å². The van der Waals surface area contributed by atoms with E-state index in [0.29, 0.717) is 23.3 Å². The summed E-state index contributed by atoms with van der Waals surface area (Å²) < 4.78 is 5.10. The lowest BCUT2D eigenvalue weighted by Gasteiger charge is -2.28. The molecule has 0 radical (unpaired) electrons. The van der Waals surface area contributed by atoms with E-state index < -0.39 is 0 Å². The summed E-state index contributed by atoms with van der Waals surface area (Å²) in [6.07, 6.45) is 1.52. The van der Waals surface area contributed by atoms with Gasteiger partial charge in [-0.05, 0) is 31.0 Å². The molecule has 1 saturated heterocycles. The molecule has 1 aromatic carbocycles. The molecule has 0 aliphatic carbocycles. The fourth-order valence-electron chi connectivity index (χ4n) is 2.39. The number of halogens is 1. The first-order valence-corrected chi connectivity index (χ1v) is 7.77. The normalized spacial score (nSPS) is 17.5. The van der Waals surface area contributed by atoms with Crippen molar-refractivity contribution in [3.05, 3.63) is 23.2 Å². The maximum Gasteiger partial charge on any atom is 0.193 e. The summed E-state index contributed by atoms with van der Waals surface area (Å²) in [7, 11) is 1.57. The van der Waals surface area contributed by atoms with Crippen LogP contribution in [0, 0.1) is 0 Å². The van der Waals surface area contributed by atoms with E-state index in [4.69, 9.17) is 22.1 Å². The standard InChI is InChI=1S/C15H23ClN4O2/c1-22-14-3-2-11(10-13(14)16)19-15(17)18-6-9-20-7-4-12(21)5-8-20/h2-3,10,12,21H,4-9H2,1H3,(H3,17,18,19). The van der Waals surface area contributed by atoms with Crippen LogP contribution in [0.3, 0.4) is 0 Å². The van der Waals surface area contributed by atoms with Crippen LogP contribution in [0.25, 0.3) is 0 Å².